The number of esters is 1. The van der Waals surface area contributed by atoms with Crippen molar-refractivity contribution in [3.63, 3.8) is 0 Å². The molecule has 7 nitrogen and oxygen atoms in total. The van der Waals surface area contributed by atoms with Crippen LogP contribution in [-0.4, -0.2) is 41.8 Å². The zero-order valence-electron chi connectivity index (χ0n) is 23.0. The Balaban J connectivity index is 1.64. The lowest BCUT2D eigenvalue weighted by atomic mass is 9.88. The lowest BCUT2D eigenvalue weighted by Crippen LogP contribution is -2.47. The molecule has 0 heterocycles. The van der Waals surface area contributed by atoms with Crippen molar-refractivity contribution >= 4 is 11.9 Å². The average Bonchev–Trinajstić information content (AvgIpc) is 3.25. The van der Waals surface area contributed by atoms with E-state index in [0.29, 0.717) is 36.6 Å². The standard InChI is InChI=1S/C31H40N2O5/c1-21(2)13-30(36)38-27(20-37-28-16-22(10-12-29(34)35)9-11-26(28)18-32)19-33-31(3,4)17-23-14-24-7-5-6-8-25(24)15-23/h5-9,11,16,21,23,27,33H,10,12-15,17,19-20H2,1-4H3,(H,34,35)/t27-/m0/s1. The number of nitriles is 1. The van der Waals surface area contributed by atoms with Crippen LogP contribution in [0.1, 0.15) is 69.2 Å². The number of benzene rings is 2. The number of fused-ring (bicyclic) bond motifs is 1. The summed E-state index contributed by atoms with van der Waals surface area (Å²) in [5, 5.41) is 22.1. The van der Waals surface area contributed by atoms with E-state index in [1.54, 1.807) is 18.2 Å². The van der Waals surface area contributed by atoms with Gasteiger partial charge in [-0.15, -0.1) is 0 Å². The van der Waals surface area contributed by atoms with Gasteiger partial charge in [-0.2, -0.15) is 5.26 Å². The Morgan fingerprint density at radius 1 is 1.16 bits per heavy atom. The zero-order chi connectivity index (χ0) is 27.7. The van der Waals surface area contributed by atoms with Gasteiger partial charge in [-0.05, 0) is 80.2 Å². The highest BCUT2D eigenvalue weighted by atomic mass is 16.6. The van der Waals surface area contributed by atoms with Crippen LogP contribution in [0.5, 0.6) is 5.75 Å². The Hall–Kier alpha value is -3.37. The van der Waals surface area contributed by atoms with Crippen LogP contribution in [0.25, 0.3) is 0 Å². The van der Waals surface area contributed by atoms with Gasteiger partial charge in [0, 0.05) is 24.9 Å². The van der Waals surface area contributed by atoms with Crippen molar-refractivity contribution in [3.05, 3.63) is 64.7 Å². The summed E-state index contributed by atoms with van der Waals surface area (Å²) in [6.07, 6.45) is 3.24. The van der Waals surface area contributed by atoms with Crippen LogP contribution in [0.3, 0.4) is 0 Å². The zero-order valence-corrected chi connectivity index (χ0v) is 23.0. The van der Waals surface area contributed by atoms with E-state index in [1.807, 2.05) is 13.8 Å². The molecule has 0 fully saturated rings. The minimum atomic E-state index is -0.885. The van der Waals surface area contributed by atoms with Crippen LogP contribution >= 0.6 is 0 Å². The fourth-order valence-corrected chi connectivity index (χ4v) is 5.05. The first-order valence-corrected chi connectivity index (χ1v) is 13.4. The van der Waals surface area contributed by atoms with Gasteiger partial charge in [0.25, 0.3) is 0 Å². The third-order valence-electron chi connectivity index (χ3n) is 6.83. The number of carbonyl (C=O) groups excluding carboxylic acids is 1. The molecule has 0 unspecified atom stereocenters. The van der Waals surface area contributed by atoms with Crippen molar-refractivity contribution in [1.82, 2.24) is 5.32 Å². The molecule has 1 aliphatic carbocycles. The van der Waals surface area contributed by atoms with E-state index in [2.05, 4.69) is 49.5 Å². The number of ether oxygens (including phenoxy) is 2. The summed E-state index contributed by atoms with van der Waals surface area (Å²) in [5.74, 6) is -0.0732. The minimum Gasteiger partial charge on any atom is -0.488 e. The Bertz CT molecular complexity index is 1130. The van der Waals surface area contributed by atoms with Gasteiger partial charge in [0.1, 0.15) is 24.5 Å². The molecule has 1 aliphatic rings. The van der Waals surface area contributed by atoms with Crippen molar-refractivity contribution in [2.45, 2.75) is 77.9 Å². The summed E-state index contributed by atoms with van der Waals surface area (Å²) in [6.45, 7) is 8.77. The second-order valence-corrected chi connectivity index (χ2v) is 11.4. The van der Waals surface area contributed by atoms with E-state index in [9.17, 15) is 14.9 Å². The minimum absolute atomic E-state index is 0.00808. The quantitative estimate of drug-likeness (QED) is 0.334. The van der Waals surface area contributed by atoms with E-state index in [1.165, 1.54) is 11.1 Å². The molecular weight excluding hydrogens is 480 g/mol. The normalized spacial score (nSPS) is 14.1. The molecule has 2 aromatic rings. The SMILES string of the molecule is CC(C)CC(=O)O[C@@H](CNC(C)(C)CC1Cc2ccccc2C1)COc1cc(CCC(=O)O)ccc1C#N. The third kappa shape index (κ3) is 9.18. The highest BCUT2D eigenvalue weighted by Crippen LogP contribution is 2.32. The highest BCUT2D eigenvalue weighted by molar-refractivity contribution is 5.69. The van der Waals surface area contributed by atoms with Crippen molar-refractivity contribution in [3.8, 4) is 11.8 Å². The number of hydrogen-bond acceptors (Lipinski definition) is 6. The Morgan fingerprint density at radius 2 is 1.84 bits per heavy atom. The van der Waals surface area contributed by atoms with Gasteiger partial charge in [0.2, 0.25) is 0 Å². The number of carbonyl (C=O) groups is 2. The molecular formula is C31H40N2O5. The molecule has 38 heavy (non-hydrogen) atoms. The fraction of sp³-hybridized carbons (Fsp3) is 0.516. The molecule has 0 aromatic heterocycles. The molecule has 7 heteroatoms. The molecule has 1 atom stereocenters. The van der Waals surface area contributed by atoms with Crippen molar-refractivity contribution in [2.24, 2.45) is 11.8 Å². The number of carboxylic acid groups (broad SMARTS) is 1. The van der Waals surface area contributed by atoms with E-state index in [4.69, 9.17) is 14.6 Å². The van der Waals surface area contributed by atoms with E-state index >= 15 is 0 Å². The number of aliphatic carboxylic acids is 1. The molecule has 0 saturated heterocycles. The van der Waals surface area contributed by atoms with Gasteiger partial charge >= 0.3 is 11.9 Å². The summed E-state index contributed by atoms with van der Waals surface area (Å²) in [6, 6.07) is 15.8. The van der Waals surface area contributed by atoms with Crippen LogP contribution in [0, 0.1) is 23.2 Å². The maximum Gasteiger partial charge on any atom is 0.306 e. The molecule has 204 valence electrons. The van der Waals surface area contributed by atoms with Crippen LogP contribution in [0.4, 0.5) is 0 Å². The number of aryl methyl sites for hydroxylation is 1. The Labute approximate surface area is 226 Å². The first-order valence-electron chi connectivity index (χ1n) is 13.4. The van der Waals surface area contributed by atoms with Crippen LogP contribution in [-0.2, 0) is 33.6 Å². The van der Waals surface area contributed by atoms with E-state index in [-0.39, 0.29) is 30.5 Å². The number of nitrogens with zero attached hydrogens (tertiary/aromatic N) is 1. The van der Waals surface area contributed by atoms with Gasteiger partial charge in [-0.25, -0.2) is 0 Å². The second-order valence-electron chi connectivity index (χ2n) is 11.4. The van der Waals surface area contributed by atoms with Crippen molar-refractivity contribution in [2.75, 3.05) is 13.2 Å². The van der Waals surface area contributed by atoms with E-state index in [0.717, 1.165) is 24.8 Å². The maximum atomic E-state index is 12.5. The van der Waals surface area contributed by atoms with Gasteiger partial charge in [-0.3, -0.25) is 9.59 Å². The lowest BCUT2D eigenvalue weighted by Gasteiger charge is -2.31. The lowest BCUT2D eigenvalue weighted by molar-refractivity contribution is -0.151. The molecule has 0 amide bonds. The van der Waals surface area contributed by atoms with Gasteiger partial charge in [-0.1, -0.05) is 44.2 Å². The average molecular weight is 521 g/mol. The Morgan fingerprint density at radius 3 is 2.45 bits per heavy atom. The molecule has 0 radical (unpaired) electrons. The summed E-state index contributed by atoms with van der Waals surface area (Å²) in [7, 11) is 0. The monoisotopic (exact) mass is 520 g/mol. The van der Waals surface area contributed by atoms with Gasteiger partial charge in [0.15, 0.2) is 0 Å². The molecule has 0 spiro atoms. The molecule has 0 saturated carbocycles. The first kappa shape index (κ1) is 29.2. The predicted molar refractivity (Wildman–Crippen MR) is 146 cm³/mol. The Kier molecular flexibility index (Phi) is 10.3. The molecule has 3 rings (SSSR count). The van der Waals surface area contributed by atoms with Gasteiger partial charge < -0.3 is 19.9 Å². The number of rotatable bonds is 14. The number of hydrogen-bond donors (Lipinski definition) is 2. The summed E-state index contributed by atoms with van der Waals surface area (Å²) >= 11 is 0. The summed E-state index contributed by atoms with van der Waals surface area (Å²) in [4.78, 5) is 23.5. The van der Waals surface area contributed by atoms with Gasteiger partial charge in [0.05, 0.1) is 5.56 Å². The fourth-order valence-electron chi connectivity index (χ4n) is 5.05. The predicted octanol–water partition coefficient (Wildman–Crippen LogP) is 5.09. The maximum absolute atomic E-state index is 12.5. The van der Waals surface area contributed by atoms with E-state index < -0.39 is 12.1 Å². The third-order valence-corrected chi connectivity index (χ3v) is 6.83. The molecule has 2 N–H and O–H groups in total. The second kappa shape index (κ2) is 13.4. The molecule has 0 bridgehead atoms. The number of nitrogens with one attached hydrogen (secondary N) is 1. The number of carboxylic acids is 1. The van der Waals surface area contributed by atoms with Crippen molar-refractivity contribution < 1.29 is 24.2 Å². The molecule has 0 aliphatic heterocycles. The summed E-state index contributed by atoms with van der Waals surface area (Å²) < 4.78 is 11.8. The van der Waals surface area contributed by atoms with Crippen molar-refractivity contribution in [1.29, 1.82) is 5.26 Å². The van der Waals surface area contributed by atoms with Crippen LogP contribution < -0.4 is 10.1 Å². The first-order chi connectivity index (χ1) is 18.0. The highest BCUT2D eigenvalue weighted by Gasteiger charge is 2.29. The largest absolute Gasteiger partial charge is 0.488 e. The summed E-state index contributed by atoms with van der Waals surface area (Å²) in [5.41, 5.74) is 3.81. The van der Waals surface area contributed by atoms with Crippen LogP contribution in [0.15, 0.2) is 42.5 Å². The molecule has 2 aromatic carbocycles. The van der Waals surface area contributed by atoms with Crippen LogP contribution in [0.2, 0.25) is 0 Å². The smallest absolute Gasteiger partial charge is 0.306 e. The topological polar surface area (TPSA) is 109 Å².